The molecule has 0 fully saturated rings. The van der Waals surface area contributed by atoms with Gasteiger partial charge in [0.1, 0.15) is 44.1 Å². The van der Waals surface area contributed by atoms with Crippen molar-refractivity contribution in [2.45, 2.75) is 46.3 Å². The number of fused-ring (bicyclic) bond motifs is 6. The predicted molar refractivity (Wildman–Crippen MR) is 284 cm³/mol. The number of ether oxygens (including phenoxy) is 1. The first-order chi connectivity index (χ1) is 36.4. The van der Waals surface area contributed by atoms with E-state index in [1.807, 2.05) is 0 Å². The van der Waals surface area contributed by atoms with Crippen molar-refractivity contribution in [1.82, 2.24) is 14.4 Å². The molecule has 0 aliphatic carbocycles. The van der Waals surface area contributed by atoms with Gasteiger partial charge >= 0.3 is 0 Å². The Balaban J connectivity index is 1.19. The van der Waals surface area contributed by atoms with E-state index in [1.54, 1.807) is 31.2 Å². The lowest BCUT2D eigenvalue weighted by molar-refractivity contribution is 0.317. The second-order valence-electron chi connectivity index (χ2n) is 16.5. The van der Waals surface area contributed by atoms with Crippen LogP contribution in [0.2, 0.25) is 5.02 Å². The Morgan fingerprint density at radius 2 is 1.37 bits per heavy atom. The average Bonchev–Trinajstić information content (AvgIpc) is 4.16. The number of para-hydroxylation sites is 2. The maximum absolute atomic E-state index is 12.6. The smallest absolute Gasteiger partial charge is 0.296 e. The summed E-state index contributed by atoms with van der Waals surface area (Å²) in [6.07, 6.45) is -0.259. The summed E-state index contributed by atoms with van der Waals surface area (Å²) in [6, 6.07) is 16.2. The van der Waals surface area contributed by atoms with E-state index in [-0.39, 0.29) is 101 Å². The highest BCUT2D eigenvalue weighted by molar-refractivity contribution is 7.99. The number of hydrogen-bond acceptors (Lipinski definition) is 23. The molecule has 0 saturated carbocycles. The number of nitrogens with zero attached hydrogens (tertiary/aromatic N) is 10. The largest absolute Gasteiger partial charge is 0.493 e. The van der Waals surface area contributed by atoms with Gasteiger partial charge in [0, 0.05) is 27.3 Å². The van der Waals surface area contributed by atoms with Crippen molar-refractivity contribution in [1.29, 1.82) is 5.26 Å². The zero-order chi connectivity index (χ0) is 56.9. The molecule has 0 amide bonds. The zero-order valence-electron chi connectivity index (χ0n) is 39.5. The molecule has 0 aliphatic rings. The third-order valence-corrected chi connectivity index (χ3v) is 17.7. The average molecular weight is 1220 g/mol. The number of benzene rings is 5. The van der Waals surface area contributed by atoms with Crippen LogP contribution < -0.4 is 4.74 Å². The number of halogens is 1. The van der Waals surface area contributed by atoms with Gasteiger partial charge in [0.25, 0.3) is 50.6 Å². The van der Waals surface area contributed by atoms with Crippen LogP contribution in [0, 0.1) is 25.2 Å². The molecule has 0 aliphatic heterocycles. The van der Waals surface area contributed by atoms with Gasteiger partial charge in [0.05, 0.1) is 55.1 Å². The SMILES string of the molecule is Cc1cc(N=Nc2cc(Cl)c(N=Nc3c(C)c(C#N)c4nc5ccccc5n4c3O)cc2OCCCS(=O)(=O)O)c(SCCCS(=O)(=O)O)cc1N=Nc1nc2c(S(=O)(=O)O)cc3c(S(=O)(=O)O)cc(S(=O)(=O)O)cc3c2s1. The van der Waals surface area contributed by atoms with E-state index in [2.05, 4.69) is 46.7 Å². The summed E-state index contributed by atoms with van der Waals surface area (Å²) in [5, 5.41) is 45.8. The molecule has 0 spiro atoms. The van der Waals surface area contributed by atoms with E-state index in [1.165, 1.54) is 35.6 Å². The summed E-state index contributed by atoms with van der Waals surface area (Å²) in [5.74, 6) is -1.71. The molecule has 0 bridgehead atoms. The van der Waals surface area contributed by atoms with Gasteiger partial charge in [-0.1, -0.05) is 35.1 Å². The Morgan fingerprint density at radius 3 is 2.04 bits per heavy atom. The maximum atomic E-state index is 12.6. The first-order valence-electron chi connectivity index (χ1n) is 21.7. The number of nitriles is 1. The fourth-order valence-electron chi connectivity index (χ4n) is 7.54. The Hall–Kier alpha value is -6.72. The van der Waals surface area contributed by atoms with Crippen molar-refractivity contribution in [3.63, 3.8) is 0 Å². The maximum Gasteiger partial charge on any atom is 0.296 e. The van der Waals surface area contributed by atoms with Crippen LogP contribution in [-0.2, 0) is 50.6 Å². The second-order valence-corrected chi connectivity index (χ2v) is 26.4. The molecule has 0 saturated heterocycles. The number of pyridine rings is 1. The van der Waals surface area contributed by atoms with Crippen LogP contribution in [0.3, 0.4) is 0 Å². The highest BCUT2D eigenvalue weighted by Gasteiger charge is 2.28. The van der Waals surface area contributed by atoms with Crippen molar-refractivity contribution in [2.24, 2.45) is 30.7 Å². The summed E-state index contributed by atoms with van der Waals surface area (Å²) in [4.78, 5) is 5.81. The molecule has 8 aromatic rings. The third kappa shape index (κ3) is 12.7. The van der Waals surface area contributed by atoms with E-state index in [0.717, 1.165) is 17.8 Å². The molecule has 3 heterocycles. The van der Waals surface area contributed by atoms with E-state index in [4.69, 9.17) is 16.3 Å². The lowest BCUT2D eigenvalue weighted by atomic mass is 10.1. The number of aromatic nitrogens is 3. The summed E-state index contributed by atoms with van der Waals surface area (Å²) in [5.41, 5.74) is 1.28. The lowest BCUT2D eigenvalue weighted by Gasteiger charge is -2.11. The van der Waals surface area contributed by atoms with Crippen LogP contribution >= 0.6 is 34.7 Å². The van der Waals surface area contributed by atoms with Gasteiger partial charge in [-0.25, -0.2) is 9.97 Å². The minimum atomic E-state index is -5.30. The fraction of sp³-hybridized carbons (Fsp3) is 0.186. The highest BCUT2D eigenvalue weighted by atomic mass is 35.5. The Bertz CT molecular complexity index is 4570. The summed E-state index contributed by atoms with van der Waals surface area (Å²) < 4.78 is 176. The number of hydrogen-bond donors (Lipinski definition) is 6. The number of imidazole rings is 1. The summed E-state index contributed by atoms with van der Waals surface area (Å²) >= 11 is 8.30. The van der Waals surface area contributed by atoms with Gasteiger partial charge in [-0.3, -0.25) is 27.2 Å². The minimum absolute atomic E-state index is 0.0600. The molecule has 3 aromatic heterocycles. The normalized spacial score (nSPS) is 13.1. The van der Waals surface area contributed by atoms with E-state index < -0.39 is 93.6 Å². The van der Waals surface area contributed by atoms with Crippen molar-refractivity contribution < 1.29 is 74.7 Å². The lowest BCUT2D eigenvalue weighted by Crippen LogP contribution is -2.08. The van der Waals surface area contributed by atoms with Crippen molar-refractivity contribution in [2.75, 3.05) is 23.9 Å². The van der Waals surface area contributed by atoms with Crippen LogP contribution in [0.1, 0.15) is 29.5 Å². The molecule has 0 radical (unpaired) electrons. The van der Waals surface area contributed by atoms with E-state index >= 15 is 0 Å². The van der Waals surface area contributed by atoms with Crippen molar-refractivity contribution in [3.8, 4) is 17.7 Å². The standard InChI is InChI=1S/C43H35ClN10O17S7/c1-21-13-32(51-50-31-17-27(44)30(18-34(31)71-9-5-11-74(56,57)58)49-52-38-22(2)26(20-45)41-46-28-7-3-4-8-33(28)54(41)42(38)55)35(72-10-6-12-75(59,60)61)19-29(21)48-53-43-47-39-37(78(68,69)70)16-24-25(40(39)73-43)14-23(76(62,63)64)15-36(24)77(65,66)67/h3-4,7-8,13-19,55H,5-6,9-12H2,1-2H3,(H,56,57,58)(H,59,60,61)(H,62,63,64)(H,65,66,67)(H,68,69,70). The molecule has 8 rings (SSSR count). The summed E-state index contributed by atoms with van der Waals surface area (Å²) in [6.45, 7) is 2.79. The van der Waals surface area contributed by atoms with Crippen LogP contribution in [0.25, 0.3) is 37.7 Å². The zero-order valence-corrected chi connectivity index (χ0v) is 45.9. The number of aromatic hydroxyl groups is 1. The van der Waals surface area contributed by atoms with E-state index in [9.17, 15) is 75.2 Å². The van der Waals surface area contributed by atoms with Crippen LogP contribution in [0.5, 0.6) is 11.6 Å². The Morgan fingerprint density at radius 1 is 0.718 bits per heavy atom. The molecular weight excluding hydrogens is 1190 g/mol. The first kappa shape index (κ1) is 57.5. The van der Waals surface area contributed by atoms with Crippen LogP contribution in [0.15, 0.2) is 117 Å². The second kappa shape index (κ2) is 21.8. The van der Waals surface area contributed by atoms with Gasteiger partial charge in [-0.2, -0.15) is 47.4 Å². The number of azo groups is 3. The molecule has 78 heavy (non-hydrogen) atoms. The first-order valence-corrected chi connectivity index (χ1v) is 31.4. The fourth-order valence-corrected chi connectivity index (χ4v) is 12.8. The van der Waals surface area contributed by atoms with Gasteiger partial charge in [0.2, 0.25) is 11.0 Å². The number of thioether (sulfide) groups is 1. The van der Waals surface area contributed by atoms with Crippen molar-refractivity contribution >= 4 is 157 Å². The minimum Gasteiger partial charge on any atom is -0.493 e. The molecule has 6 N–H and O–H groups in total. The van der Waals surface area contributed by atoms with Crippen molar-refractivity contribution in [3.05, 3.63) is 88.4 Å². The molecule has 408 valence electrons. The number of rotatable bonds is 19. The monoisotopic (exact) mass is 1220 g/mol. The predicted octanol–water partition coefficient (Wildman–Crippen LogP) is 10.1. The molecule has 0 unspecified atom stereocenters. The molecule has 5 aromatic carbocycles. The topological polar surface area (TPSA) is 429 Å². The van der Waals surface area contributed by atoms with E-state index in [0.29, 0.717) is 40.1 Å². The third-order valence-electron chi connectivity index (χ3n) is 11.1. The molecular formula is C43H35ClN10O17S7. The number of thiazole rings is 1. The summed E-state index contributed by atoms with van der Waals surface area (Å²) in [7, 11) is -24.4. The molecule has 0 atom stereocenters. The van der Waals surface area contributed by atoms with Crippen LogP contribution in [-0.4, -0.2) is 108 Å². The highest BCUT2D eigenvalue weighted by Crippen LogP contribution is 2.45. The van der Waals surface area contributed by atoms with Crippen LogP contribution in [0.4, 0.5) is 33.6 Å². The molecule has 35 heteroatoms. The van der Waals surface area contributed by atoms with Gasteiger partial charge in [0.15, 0.2) is 11.3 Å². The quantitative estimate of drug-likeness (QED) is 0.0190. The van der Waals surface area contributed by atoms with Gasteiger partial charge in [-0.15, -0.1) is 42.4 Å². The molecule has 27 nitrogen and oxygen atoms in total. The van der Waals surface area contributed by atoms with Gasteiger partial charge < -0.3 is 9.84 Å². The number of aryl methyl sites for hydroxylation is 1. The Kier molecular flexibility index (Phi) is 16.1. The van der Waals surface area contributed by atoms with Gasteiger partial charge in [-0.05, 0) is 86.5 Å². The Labute approximate surface area is 454 Å².